The van der Waals surface area contributed by atoms with Crippen molar-refractivity contribution in [3.63, 3.8) is 0 Å². The topological polar surface area (TPSA) is 75.3 Å². The van der Waals surface area contributed by atoms with E-state index in [4.69, 9.17) is 10.8 Å². The minimum atomic E-state index is -0.768. The lowest BCUT2D eigenvalue weighted by molar-refractivity contribution is 0.0936. The molecule has 0 aliphatic heterocycles. The SMILES string of the molecule is CC(NC(=O)c1ccc(O)cc1F)c1ccccc1N. The Morgan fingerprint density at radius 3 is 2.65 bits per heavy atom. The Kier molecular flexibility index (Phi) is 3.89. The van der Waals surface area contributed by atoms with Crippen LogP contribution < -0.4 is 11.1 Å². The normalized spacial score (nSPS) is 11.9. The van der Waals surface area contributed by atoms with E-state index in [1.807, 2.05) is 6.07 Å². The third-order valence-electron chi connectivity index (χ3n) is 3.01. The molecule has 0 heterocycles. The zero-order valence-corrected chi connectivity index (χ0v) is 10.9. The van der Waals surface area contributed by atoms with Crippen LogP contribution in [0.3, 0.4) is 0 Å². The number of carbonyl (C=O) groups excluding carboxylic acids is 1. The molecule has 5 heteroatoms. The van der Waals surface area contributed by atoms with Crippen LogP contribution >= 0.6 is 0 Å². The van der Waals surface area contributed by atoms with Crippen LogP contribution in [0.2, 0.25) is 0 Å². The number of nitrogens with one attached hydrogen (secondary N) is 1. The first-order valence-electron chi connectivity index (χ1n) is 6.13. The number of benzene rings is 2. The van der Waals surface area contributed by atoms with Crippen LogP contribution in [0.4, 0.5) is 10.1 Å². The number of halogens is 1. The second-order valence-corrected chi connectivity index (χ2v) is 4.49. The maximum absolute atomic E-state index is 13.6. The minimum Gasteiger partial charge on any atom is -0.508 e. The van der Waals surface area contributed by atoms with E-state index < -0.39 is 11.7 Å². The minimum absolute atomic E-state index is 0.121. The van der Waals surface area contributed by atoms with Crippen molar-refractivity contribution in [1.82, 2.24) is 5.32 Å². The van der Waals surface area contributed by atoms with Gasteiger partial charge in [-0.05, 0) is 30.7 Å². The number of carbonyl (C=O) groups is 1. The van der Waals surface area contributed by atoms with Crippen LogP contribution in [0.15, 0.2) is 42.5 Å². The number of amides is 1. The molecule has 2 aromatic carbocycles. The summed E-state index contributed by atoms with van der Waals surface area (Å²) in [4.78, 5) is 12.0. The summed E-state index contributed by atoms with van der Waals surface area (Å²) in [6, 6.07) is 10.2. The van der Waals surface area contributed by atoms with Gasteiger partial charge in [0.05, 0.1) is 11.6 Å². The van der Waals surface area contributed by atoms with Crippen LogP contribution in [-0.2, 0) is 0 Å². The summed E-state index contributed by atoms with van der Waals surface area (Å²) >= 11 is 0. The lowest BCUT2D eigenvalue weighted by Gasteiger charge is -2.16. The summed E-state index contributed by atoms with van der Waals surface area (Å²) < 4.78 is 13.6. The predicted molar refractivity (Wildman–Crippen MR) is 74.8 cm³/mol. The summed E-state index contributed by atoms with van der Waals surface area (Å²) in [6.45, 7) is 1.77. The van der Waals surface area contributed by atoms with E-state index in [9.17, 15) is 9.18 Å². The number of phenols is 1. The molecule has 1 amide bonds. The van der Waals surface area contributed by atoms with Crippen molar-refractivity contribution < 1.29 is 14.3 Å². The molecule has 0 saturated carbocycles. The van der Waals surface area contributed by atoms with Crippen molar-refractivity contribution in [2.24, 2.45) is 0 Å². The summed E-state index contributed by atoms with van der Waals surface area (Å²) in [5, 5.41) is 11.8. The van der Waals surface area contributed by atoms with E-state index >= 15 is 0 Å². The number of rotatable bonds is 3. The van der Waals surface area contributed by atoms with Crippen LogP contribution in [0, 0.1) is 5.82 Å². The molecule has 4 N–H and O–H groups in total. The molecule has 20 heavy (non-hydrogen) atoms. The van der Waals surface area contributed by atoms with Crippen molar-refractivity contribution >= 4 is 11.6 Å². The average molecular weight is 274 g/mol. The van der Waals surface area contributed by atoms with Crippen molar-refractivity contribution in [1.29, 1.82) is 0 Å². The first-order valence-corrected chi connectivity index (χ1v) is 6.13. The van der Waals surface area contributed by atoms with Crippen LogP contribution in [0.1, 0.15) is 28.9 Å². The second-order valence-electron chi connectivity index (χ2n) is 4.49. The highest BCUT2D eigenvalue weighted by Gasteiger charge is 2.16. The molecule has 0 aromatic heterocycles. The van der Waals surface area contributed by atoms with Gasteiger partial charge in [0.2, 0.25) is 0 Å². The van der Waals surface area contributed by atoms with Crippen molar-refractivity contribution in [3.8, 4) is 5.75 Å². The van der Waals surface area contributed by atoms with E-state index in [1.54, 1.807) is 25.1 Å². The zero-order valence-electron chi connectivity index (χ0n) is 10.9. The highest BCUT2D eigenvalue weighted by atomic mass is 19.1. The first-order chi connectivity index (χ1) is 9.49. The fourth-order valence-electron chi connectivity index (χ4n) is 1.95. The monoisotopic (exact) mass is 274 g/mol. The Bertz CT molecular complexity index is 644. The van der Waals surface area contributed by atoms with Gasteiger partial charge < -0.3 is 16.2 Å². The fourth-order valence-corrected chi connectivity index (χ4v) is 1.95. The Morgan fingerprint density at radius 1 is 1.30 bits per heavy atom. The lowest BCUT2D eigenvalue weighted by atomic mass is 10.1. The molecule has 0 aliphatic rings. The molecule has 0 spiro atoms. The van der Waals surface area contributed by atoms with E-state index in [-0.39, 0.29) is 17.4 Å². The molecule has 104 valence electrons. The van der Waals surface area contributed by atoms with Gasteiger partial charge in [0, 0.05) is 11.8 Å². The van der Waals surface area contributed by atoms with Gasteiger partial charge in [-0.3, -0.25) is 4.79 Å². The van der Waals surface area contributed by atoms with E-state index in [0.717, 1.165) is 11.6 Å². The smallest absolute Gasteiger partial charge is 0.254 e. The zero-order chi connectivity index (χ0) is 14.7. The first kappa shape index (κ1) is 13.9. The quantitative estimate of drug-likeness (QED) is 0.753. The number of hydrogen-bond donors (Lipinski definition) is 3. The third kappa shape index (κ3) is 2.88. The number of hydrogen-bond acceptors (Lipinski definition) is 3. The number of aromatic hydroxyl groups is 1. The van der Waals surface area contributed by atoms with E-state index in [0.29, 0.717) is 5.69 Å². The molecule has 2 rings (SSSR count). The lowest BCUT2D eigenvalue weighted by Crippen LogP contribution is -2.27. The summed E-state index contributed by atoms with van der Waals surface area (Å²) in [5.41, 5.74) is 7.03. The van der Waals surface area contributed by atoms with Crippen LogP contribution in [0.5, 0.6) is 5.75 Å². The molecule has 0 radical (unpaired) electrons. The molecular formula is C15H15FN2O2. The molecule has 1 unspecified atom stereocenters. The van der Waals surface area contributed by atoms with Gasteiger partial charge in [0.15, 0.2) is 0 Å². The highest BCUT2D eigenvalue weighted by Crippen LogP contribution is 2.21. The van der Waals surface area contributed by atoms with Crippen molar-refractivity contribution in [2.45, 2.75) is 13.0 Å². The van der Waals surface area contributed by atoms with Gasteiger partial charge in [-0.2, -0.15) is 0 Å². The summed E-state index contributed by atoms with van der Waals surface area (Å²) in [5.74, 6) is -1.55. The highest BCUT2D eigenvalue weighted by molar-refractivity contribution is 5.94. The second kappa shape index (κ2) is 5.61. The number of nitrogen functional groups attached to an aromatic ring is 1. The summed E-state index contributed by atoms with van der Waals surface area (Å²) in [6.07, 6.45) is 0. The van der Waals surface area contributed by atoms with Gasteiger partial charge >= 0.3 is 0 Å². The standard InChI is InChI=1S/C15H15FN2O2/c1-9(11-4-2-3-5-14(11)17)18-15(20)12-7-6-10(19)8-13(12)16/h2-9,19H,17H2,1H3,(H,18,20). The molecule has 4 nitrogen and oxygen atoms in total. The largest absolute Gasteiger partial charge is 0.508 e. The van der Waals surface area contributed by atoms with Crippen LogP contribution in [0.25, 0.3) is 0 Å². The van der Waals surface area contributed by atoms with Crippen LogP contribution in [-0.4, -0.2) is 11.0 Å². The average Bonchev–Trinajstić information content (AvgIpc) is 2.38. The molecular weight excluding hydrogens is 259 g/mol. The van der Waals surface area contributed by atoms with Gasteiger partial charge in [-0.15, -0.1) is 0 Å². The number of anilines is 1. The Labute approximate surface area is 116 Å². The Hall–Kier alpha value is -2.56. The number of phenolic OH excluding ortho intramolecular Hbond substituents is 1. The van der Waals surface area contributed by atoms with Crippen molar-refractivity contribution in [2.75, 3.05) is 5.73 Å². The maximum atomic E-state index is 13.6. The molecule has 0 aliphatic carbocycles. The molecule has 2 aromatic rings. The van der Waals surface area contributed by atoms with E-state index in [1.165, 1.54) is 12.1 Å². The molecule has 0 fully saturated rings. The Morgan fingerprint density at radius 2 is 2.00 bits per heavy atom. The predicted octanol–water partition coefficient (Wildman–Crippen LogP) is 2.60. The molecule has 1 atom stereocenters. The van der Waals surface area contributed by atoms with Gasteiger partial charge in [0.25, 0.3) is 5.91 Å². The maximum Gasteiger partial charge on any atom is 0.254 e. The fraction of sp³-hybridized carbons (Fsp3) is 0.133. The van der Waals surface area contributed by atoms with Gasteiger partial charge in [0.1, 0.15) is 11.6 Å². The third-order valence-corrected chi connectivity index (χ3v) is 3.01. The summed E-state index contributed by atoms with van der Waals surface area (Å²) in [7, 11) is 0. The van der Waals surface area contributed by atoms with Gasteiger partial charge in [-0.25, -0.2) is 4.39 Å². The molecule has 0 saturated heterocycles. The van der Waals surface area contributed by atoms with Crippen molar-refractivity contribution in [3.05, 3.63) is 59.4 Å². The van der Waals surface area contributed by atoms with E-state index in [2.05, 4.69) is 5.32 Å². The molecule has 0 bridgehead atoms. The number of para-hydroxylation sites is 1. The van der Waals surface area contributed by atoms with Gasteiger partial charge in [-0.1, -0.05) is 18.2 Å². The Balaban J connectivity index is 2.17. The number of nitrogens with two attached hydrogens (primary N) is 1.